The number of nitrogens with zero attached hydrogens (tertiary/aromatic N) is 1. The van der Waals surface area contributed by atoms with Crippen LogP contribution in [0.1, 0.15) is 12.0 Å². The maximum absolute atomic E-state index is 13.3. The molecule has 96 valence electrons. The van der Waals surface area contributed by atoms with E-state index in [2.05, 4.69) is 0 Å². The van der Waals surface area contributed by atoms with E-state index in [-0.39, 0.29) is 13.0 Å². The number of carbonyl (C=O) groups is 1. The highest BCUT2D eigenvalue weighted by Crippen LogP contribution is 2.19. The second kappa shape index (κ2) is 5.78. The van der Waals surface area contributed by atoms with Gasteiger partial charge in [0.2, 0.25) is 5.91 Å². The molecule has 1 aliphatic heterocycles. The van der Waals surface area contributed by atoms with Gasteiger partial charge in [0.05, 0.1) is 6.04 Å². The van der Waals surface area contributed by atoms with Crippen molar-refractivity contribution in [3.05, 3.63) is 42.0 Å². The average molecular weight is 248 g/mol. The van der Waals surface area contributed by atoms with Gasteiger partial charge in [-0.25, -0.2) is 4.39 Å². The zero-order chi connectivity index (χ0) is 13.0. The number of rotatable bonds is 4. The minimum absolute atomic E-state index is 0.217. The summed E-state index contributed by atoms with van der Waals surface area (Å²) in [5.41, 5.74) is 6.35. The van der Waals surface area contributed by atoms with E-state index >= 15 is 0 Å². The number of hydrogen-bond donors (Lipinski definition) is 1. The number of benzene rings is 1. The molecule has 0 radical (unpaired) electrons. The van der Waals surface area contributed by atoms with Crippen molar-refractivity contribution < 1.29 is 9.18 Å². The van der Waals surface area contributed by atoms with Crippen LogP contribution in [0.5, 0.6) is 0 Å². The lowest BCUT2D eigenvalue weighted by atomic mass is 10.2. The molecule has 2 rings (SSSR count). The van der Waals surface area contributed by atoms with Gasteiger partial charge < -0.3 is 5.73 Å². The van der Waals surface area contributed by atoms with Gasteiger partial charge >= 0.3 is 0 Å². The van der Waals surface area contributed by atoms with Crippen molar-refractivity contribution in [2.45, 2.75) is 18.6 Å². The van der Waals surface area contributed by atoms with E-state index in [1.807, 2.05) is 42.5 Å². The van der Waals surface area contributed by atoms with Crippen LogP contribution < -0.4 is 5.73 Å². The first-order valence-electron chi connectivity index (χ1n) is 6.06. The summed E-state index contributed by atoms with van der Waals surface area (Å²) in [6, 6.07) is 9.38. The molecule has 0 unspecified atom stereocenters. The van der Waals surface area contributed by atoms with Crippen molar-refractivity contribution in [3.8, 4) is 0 Å². The van der Waals surface area contributed by atoms with E-state index in [0.29, 0.717) is 6.54 Å². The Hall–Kier alpha value is -1.68. The van der Waals surface area contributed by atoms with Crippen LogP contribution in [0.15, 0.2) is 36.4 Å². The molecule has 1 saturated heterocycles. The average Bonchev–Trinajstić information content (AvgIpc) is 2.72. The lowest BCUT2D eigenvalue weighted by molar-refractivity contribution is -0.122. The number of carbonyl (C=O) groups excluding carboxylic acids is 1. The van der Waals surface area contributed by atoms with Crippen LogP contribution in [0.2, 0.25) is 0 Å². The molecule has 1 heterocycles. The minimum atomic E-state index is -0.951. The lowest BCUT2D eigenvalue weighted by Crippen LogP contribution is -2.40. The highest BCUT2D eigenvalue weighted by atomic mass is 19.1. The van der Waals surface area contributed by atoms with Gasteiger partial charge in [0, 0.05) is 19.5 Å². The number of alkyl halides is 1. The van der Waals surface area contributed by atoms with Crippen molar-refractivity contribution in [1.29, 1.82) is 0 Å². The van der Waals surface area contributed by atoms with E-state index in [0.717, 1.165) is 5.56 Å². The topological polar surface area (TPSA) is 46.3 Å². The van der Waals surface area contributed by atoms with Crippen molar-refractivity contribution in [2.24, 2.45) is 5.73 Å². The maximum atomic E-state index is 13.3. The van der Waals surface area contributed by atoms with E-state index in [1.54, 1.807) is 4.90 Å². The smallest absolute Gasteiger partial charge is 0.234 e. The van der Waals surface area contributed by atoms with Gasteiger partial charge in [-0.2, -0.15) is 0 Å². The van der Waals surface area contributed by atoms with Crippen LogP contribution in [-0.4, -0.2) is 36.1 Å². The Morgan fingerprint density at radius 1 is 1.44 bits per heavy atom. The number of primary amides is 1. The summed E-state index contributed by atoms with van der Waals surface area (Å²) < 4.78 is 13.3. The van der Waals surface area contributed by atoms with Gasteiger partial charge in [-0.1, -0.05) is 42.5 Å². The summed E-state index contributed by atoms with van der Waals surface area (Å²) in [6.07, 6.45) is 3.16. The van der Waals surface area contributed by atoms with E-state index < -0.39 is 18.1 Å². The van der Waals surface area contributed by atoms with Crippen molar-refractivity contribution in [3.63, 3.8) is 0 Å². The molecule has 0 saturated carbocycles. The molecule has 3 nitrogen and oxygen atoms in total. The molecule has 0 aliphatic carbocycles. The summed E-state index contributed by atoms with van der Waals surface area (Å²) in [7, 11) is 0. The number of hydrogen-bond acceptors (Lipinski definition) is 2. The van der Waals surface area contributed by atoms with Crippen LogP contribution in [0, 0.1) is 0 Å². The standard InChI is InChI=1S/C14H17FN2O/c15-12-9-13(14(16)18)17(10-12)8-4-7-11-5-2-1-3-6-11/h1-7,12-13H,8-10H2,(H2,16,18)/b7-4+/t12-,13+/m1/s1. The van der Waals surface area contributed by atoms with Crippen molar-refractivity contribution in [1.82, 2.24) is 4.90 Å². The van der Waals surface area contributed by atoms with Gasteiger partial charge in [-0.15, -0.1) is 0 Å². The third kappa shape index (κ3) is 3.17. The third-order valence-corrected chi connectivity index (χ3v) is 3.13. The first-order valence-corrected chi connectivity index (χ1v) is 6.06. The van der Waals surface area contributed by atoms with E-state index in [1.165, 1.54) is 0 Å². The number of nitrogens with two attached hydrogens (primary N) is 1. The van der Waals surface area contributed by atoms with Gasteiger partial charge in [0.25, 0.3) is 0 Å². The van der Waals surface area contributed by atoms with Crippen LogP contribution >= 0.6 is 0 Å². The molecule has 1 fully saturated rings. The Morgan fingerprint density at radius 2 is 2.17 bits per heavy atom. The fourth-order valence-corrected chi connectivity index (χ4v) is 2.23. The molecule has 1 aliphatic rings. The van der Waals surface area contributed by atoms with Crippen LogP contribution in [0.4, 0.5) is 4.39 Å². The molecular formula is C14H17FN2O. The zero-order valence-electron chi connectivity index (χ0n) is 10.1. The summed E-state index contributed by atoms with van der Waals surface area (Å²) in [4.78, 5) is 13.0. The number of amides is 1. The fraction of sp³-hybridized carbons (Fsp3) is 0.357. The molecule has 2 atom stereocenters. The molecule has 0 spiro atoms. The summed E-state index contributed by atoms with van der Waals surface area (Å²) in [5.74, 6) is -0.441. The van der Waals surface area contributed by atoms with Gasteiger partial charge in [0.1, 0.15) is 6.17 Å². The first-order chi connectivity index (χ1) is 8.66. The van der Waals surface area contributed by atoms with E-state index in [4.69, 9.17) is 5.73 Å². The Kier molecular flexibility index (Phi) is 4.10. The second-order valence-corrected chi connectivity index (χ2v) is 4.52. The van der Waals surface area contributed by atoms with Crippen LogP contribution in [0.25, 0.3) is 6.08 Å². The molecule has 4 heteroatoms. The quantitative estimate of drug-likeness (QED) is 0.879. The molecular weight excluding hydrogens is 231 g/mol. The third-order valence-electron chi connectivity index (χ3n) is 3.13. The Balaban J connectivity index is 1.93. The van der Waals surface area contributed by atoms with Crippen molar-refractivity contribution in [2.75, 3.05) is 13.1 Å². The highest BCUT2D eigenvalue weighted by Gasteiger charge is 2.34. The SMILES string of the molecule is NC(=O)[C@@H]1C[C@@H](F)CN1C/C=C/c1ccccc1. The molecule has 0 aromatic heterocycles. The van der Waals surface area contributed by atoms with Crippen LogP contribution in [-0.2, 0) is 4.79 Å². The molecule has 1 amide bonds. The fourth-order valence-electron chi connectivity index (χ4n) is 2.23. The monoisotopic (exact) mass is 248 g/mol. The van der Waals surface area contributed by atoms with Crippen LogP contribution in [0.3, 0.4) is 0 Å². The molecule has 1 aromatic carbocycles. The predicted octanol–water partition coefficient (Wildman–Crippen LogP) is 1.60. The zero-order valence-corrected chi connectivity index (χ0v) is 10.1. The molecule has 1 aromatic rings. The number of likely N-dealkylation sites (tertiary alicyclic amines) is 1. The summed E-state index contributed by atoms with van der Waals surface area (Å²) in [5, 5.41) is 0. The molecule has 18 heavy (non-hydrogen) atoms. The lowest BCUT2D eigenvalue weighted by Gasteiger charge is -2.19. The largest absolute Gasteiger partial charge is 0.368 e. The maximum Gasteiger partial charge on any atom is 0.234 e. The predicted molar refractivity (Wildman–Crippen MR) is 69.5 cm³/mol. The summed E-state index contributed by atoms with van der Waals surface area (Å²) >= 11 is 0. The van der Waals surface area contributed by atoms with Gasteiger partial charge in [-0.3, -0.25) is 9.69 Å². The Morgan fingerprint density at radius 3 is 2.83 bits per heavy atom. The molecule has 2 N–H and O–H groups in total. The van der Waals surface area contributed by atoms with Crippen molar-refractivity contribution >= 4 is 12.0 Å². The molecule has 0 bridgehead atoms. The highest BCUT2D eigenvalue weighted by molar-refractivity contribution is 5.80. The minimum Gasteiger partial charge on any atom is -0.368 e. The normalized spacial score (nSPS) is 24.7. The second-order valence-electron chi connectivity index (χ2n) is 4.52. The van der Waals surface area contributed by atoms with E-state index in [9.17, 15) is 9.18 Å². The Labute approximate surface area is 106 Å². The summed E-state index contributed by atoms with van der Waals surface area (Å²) in [6.45, 7) is 0.829. The first kappa shape index (κ1) is 12.8. The Bertz CT molecular complexity index is 433. The van der Waals surface area contributed by atoms with Gasteiger partial charge in [-0.05, 0) is 5.56 Å². The number of halogens is 1. The van der Waals surface area contributed by atoms with Gasteiger partial charge in [0.15, 0.2) is 0 Å².